The summed E-state index contributed by atoms with van der Waals surface area (Å²) in [5.74, 6) is -8.68. The maximum absolute atomic E-state index is 14.7. The van der Waals surface area contributed by atoms with Crippen molar-refractivity contribution in [2.75, 3.05) is 59.1 Å². The van der Waals surface area contributed by atoms with E-state index in [1.54, 1.807) is 92.8 Å². The number of nitrogens with zero attached hydrogens (tertiary/aromatic N) is 2. The van der Waals surface area contributed by atoms with Gasteiger partial charge in [0.15, 0.2) is 18.4 Å². The van der Waals surface area contributed by atoms with E-state index >= 15 is 0 Å². The molecule has 6 heterocycles. The number of aliphatic hydroxyl groups is 18. The molecule has 0 aromatic rings. The summed E-state index contributed by atoms with van der Waals surface area (Å²) in [6.07, 6.45) is -13.8. The van der Waals surface area contributed by atoms with Crippen LogP contribution in [-0.4, -0.2) is 325 Å². The Kier molecular flexibility index (Phi) is 32.1. The zero-order valence-corrected chi connectivity index (χ0v) is 54.2. The van der Waals surface area contributed by atoms with Gasteiger partial charge < -0.3 is 135 Å². The maximum atomic E-state index is 14.7. The fraction of sp³-hybridized carbons (Fsp3) is 0.754. The number of ether oxygens (including phenoxy) is 7. The van der Waals surface area contributed by atoms with Crippen molar-refractivity contribution in [2.24, 2.45) is 17.8 Å². The quantitative estimate of drug-likeness (QED) is 0.0862. The molecule has 30 heteroatoms. The number of piperazine rings is 1. The molecule has 2 bridgehead atoms. The minimum atomic E-state index is -2.68. The van der Waals surface area contributed by atoms with Crippen LogP contribution in [-0.2, 0) is 42.7 Å². The van der Waals surface area contributed by atoms with Crippen molar-refractivity contribution >= 4 is 11.9 Å². The first-order valence-corrected chi connectivity index (χ1v) is 32.7. The first-order chi connectivity index (χ1) is 45.0. The molecule has 0 aromatic heterocycles. The van der Waals surface area contributed by atoms with Crippen LogP contribution >= 0.6 is 0 Å². The predicted octanol–water partition coefficient (Wildman–Crippen LogP) is -4.98. The molecule has 4 unspecified atom stereocenters. The third-order valence-electron chi connectivity index (χ3n) is 18.5. The zero-order valence-electron chi connectivity index (χ0n) is 54.2. The Labute approximate surface area is 553 Å². The lowest BCUT2D eigenvalue weighted by molar-refractivity contribution is -0.368. The van der Waals surface area contributed by atoms with Crippen molar-refractivity contribution in [1.82, 2.24) is 15.1 Å². The summed E-state index contributed by atoms with van der Waals surface area (Å²) in [6, 6.07) is -1.48. The van der Waals surface area contributed by atoms with Gasteiger partial charge in [0, 0.05) is 70.2 Å². The third-order valence-corrected chi connectivity index (χ3v) is 18.5. The summed E-state index contributed by atoms with van der Waals surface area (Å²) in [6.45, 7) is 5.64. The normalized spacial score (nSPS) is 43.6. The van der Waals surface area contributed by atoms with Crippen molar-refractivity contribution in [3.63, 3.8) is 0 Å². The van der Waals surface area contributed by atoms with Gasteiger partial charge in [-0.3, -0.25) is 14.5 Å². The fourth-order valence-electron chi connectivity index (χ4n) is 12.5. The number of amides is 1. The van der Waals surface area contributed by atoms with E-state index in [0.717, 1.165) is 0 Å². The standard InChI is InChI=1S/C65H105N3O27/c1-36-17-15-13-11-9-7-5-6-8-10-12-14-16-18-43(92-62-56(82)52(54(80)39(4)91-62)66-35-65(88)60(85)59(47(77)34-89-65)94-63-58(84)57(83)55(81)49(33-70)93-63)30-48-51(61(86)68-23-21-67(22-24-68)25-26-69)46(76)32-64(87,95-48)31-42(73)28-45(75)44(74)20-19-40(71)27-41(72)29-50(78)90-38(3)37(2)53(36)79/h5-18,36-49,51-60,62-63,66,69-77,79-85,87-88H,19-35H2,1-4H3/t36-,37-,38-,39+,40+,41+,42-,43-,44+,45+,46-,47+,48?,49+,51?,52-,53+,54+,55-,56-,57-,58+,59+,60-,62?,63?,64+,65+/m0/s1. The van der Waals surface area contributed by atoms with Crippen molar-refractivity contribution in [3.05, 3.63) is 85.1 Å². The lowest BCUT2D eigenvalue weighted by Crippen LogP contribution is -2.70. The van der Waals surface area contributed by atoms with Gasteiger partial charge in [0.05, 0.1) is 112 Å². The van der Waals surface area contributed by atoms with E-state index in [9.17, 15) is 102 Å². The molecule has 1 amide bonds. The maximum Gasteiger partial charge on any atom is 0.308 e. The highest BCUT2D eigenvalue weighted by molar-refractivity contribution is 5.80. The molecule has 0 saturated carbocycles. The fourth-order valence-corrected chi connectivity index (χ4v) is 12.5. The molecule has 30 nitrogen and oxygen atoms in total. The first-order valence-electron chi connectivity index (χ1n) is 32.7. The second kappa shape index (κ2) is 38.0. The Morgan fingerprint density at radius 1 is 0.611 bits per heavy atom. The number of hydrogen-bond acceptors (Lipinski definition) is 29. The number of carbonyl (C=O) groups excluding carboxylic acids is 2. The van der Waals surface area contributed by atoms with Gasteiger partial charge >= 0.3 is 5.97 Å². The highest BCUT2D eigenvalue weighted by Gasteiger charge is 2.56. The van der Waals surface area contributed by atoms with Crippen LogP contribution in [0.5, 0.6) is 0 Å². The Morgan fingerprint density at radius 3 is 1.84 bits per heavy atom. The predicted molar refractivity (Wildman–Crippen MR) is 335 cm³/mol. The number of β-amino-alcohol motifs (C(OH)–C–C–N with tert-alkyl or cyclic N) is 1. The summed E-state index contributed by atoms with van der Waals surface area (Å²) in [5, 5.41) is 201. The second-order valence-electron chi connectivity index (χ2n) is 25.9. The van der Waals surface area contributed by atoms with Crippen LogP contribution in [0.25, 0.3) is 0 Å². The monoisotopic (exact) mass is 1360 g/mol. The molecule has 6 aliphatic rings. The number of hydrogen-bond donors (Lipinski definition) is 19. The molecule has 0 radical (unpaired) electrons. The van der Waals surface area contributed by atoms with Gasteiger partial charge in [0.1, 0.15) is 54.9 Å². The molecule has 5 saturated heterocycles. The molecule has 0 aliphatic carbocycles. The molecule has 19 N–H and O–H groups in total. The van der Waals surface area contributed by atoms with Crippen molar-refractivity contribution in [3.8, 4) is 0 Å². The number of aliphatic hydroxyl groups excluding tert-OH is 16. The number of nitrogens with one attached hydrogen (secondary N) is 1. The molecular formula is C65H105N3O27. The number of fused-ring (bicyclic) bond motifs is 2. The average Bonchev–Trinajstić information content (AvgIpc) is 0.785. The van der Waals surface area contributed by atoms with E-state index in [1.165, 1.54) is 17.9 Å². The molecule has 6 aliphatic heterocycles. The summed E-state index contributed by atoms with van der Waals surface area (Å²) >= 11 is 0. The van der Waals surface area contributed by atoms with E-state index in [-0.39, 0.29) is 44.9 Å². The van der Waals surface area contributed by atoms with Gasteiger partial charge in [-0.05, 0) is 33.1 Å². The number of esters is 1. The smallest absolute Gasteiger partial charge is 0.308 e. The molecular weight excluding hydrogens is 1250 g/mol. The average molecular weight is 1360 g/mol. The molecule has 28 atom stereocenters. The SMILES string of the molecule is C[C@@H]1[C@H](O)[C@@H](C)C=CC=CC=CC=CC=CC=CC=C[C@H](OC2O[C@H](C)[C@@H](O)[C@H](NC[C@@]3(O)OC[C@@H](O)[C@@H](OC4O[C@H](CO)[C@H](O)[C@H](O)[C@H]4O)[C@@H]3O)[C@@H]2O)CC2O[C@](O)(C[C@@H](O)C[C@@H](O)[C@H](O)CC[C@@H](O)C[C@@H](O)CC(=O)O[C@H]1C)C[C@H](O)C2C(=O)N1CCN(CCO)CC1. The van der Waals surface area contributed by atoms with Gasteiger partial charge in [-0.25, -0.2) is 0 Å². The van der Waals surface area contributed by atoms with Gasteiger partial charge in [-0.2, -0.15) is 0 Å². The number of rotatable bonds is 11. The Hall–Kier alpha value is -3.92. The minimum Gasteiger partial charge on any atom is -0.462 e. The van der Waals surface area contributed by atoms with Gasteiger partial charge in [-0.15, -0.1) is 0 Å². The van der Waals surface area contributed by atoms with Crippen molar-refractivity contribution < 1.29 is 135 Å². The molecule has 0 spiro atoms. The van der Waals surface area contributed by atoms with Gasteiger partial charge in [0.25, 0.3) is 0 Å². The number of cyclic esters (lactones) is 1. The van der Waals surface area contributed by atoms with Gasteiger partial charge in [-0.1, -0.05) is 98.9 Å². The van der Waals surface area contributed by atoms with Crippen molar-refractivity contribution in [2.45, 2.75) is 231 Å². The Balaban J connectivity index is 1.27. The first kappa shape index (κ1) is 80.1. The van der Waals surface area contributed by atoms with Crippen LogP contribution in [0.3, 0.4) is 0 Å². The topological polar surface area (TPSA) is 481 Å². The van der Waals surface area contributed by atoms with Gasteiger partial charge in [0.2, 0.25) is 11.7 Å². The molecule has 542 valence electrons. The third kappa shape index (κ3) is 23.1. The largest absolute Gasteiger partial charge is 0.462 e. The highest BCUT2D eigenvalue weighted by Crippen LogP contribution is 2.40. The van der Waals surface area contributed by atoms with Crippen molar-refractivity contribution in [1.29, 1.82) is 0 Å². The van der Waals surface area contributed by atoms with Crippen LogP contribution in [0.2, 0.25) is 0 Å². The lowest BCUT2D eigenvalue weighted by Gasteiger charge is -2.48. The number of allylic oxidation sites excluding steroid dienone is 12. The second-order valence-corrected chi connectivity index (χ2v) is 25.9. The lowest BCUT2D eigenvalue weighted by atomic mass is 9.81. The van der Waals surface area contributed by atoms with Crippen LogP contribution in [0, 0.1) is 17.8 Å². The highest BCUT2D eigenvalue weighted by atomic mass is 16.7. The van der Waals surface area contributed by atoms with Crippen LogP contribution in [0.4, 0.5) is 0 Å². The number of carbonyl (C=O) groups is 2. The Bertz CT molecular complexity index is 2540. The van der Waals surface area contributed by atoms with E-state index in [4.69, 9.17) is 33.2 Å². The summed E-state index contributed by atoms with van der Waals surface area (Å²) in [7, 11) is 0. The summed E-state index contributed by atoms with van der Waals surface area (Å²) in [5.41, 5.74) is 0. The summed E-state index contributed by atoms with van der Waals surface area (Å²) < 4.78 is 41.0. The van der Waals surface area contributed by atoms with E-state index < -0.39 is 228 Å². The Morgan fingerprint density at radius 2 is 1.22 bits per heavy atom. The zero-order chi connectivity index (χ0) is 69.9. The van der Waals surface area contributed by atoms with E-state index in [2.05, 4.69) is 5.32 Å². The molecule has 95 heavy (non-hydrogen) atoms. The molecule has 5 fully saturated rings. The summed E-state index contributed by atoms with van der Waals surface area (Å²) in [4.78, 5) is 31.0. The van der Waals surface area contributed by atoms with E-state index in [1.807, 2.05) is 11.8 Å². The molecule has 0 aromatic carbocycles. The van der Waals surface area contributed by atoms with Crippen LogP contribution in [0.15, 0.2) is 85.1 Å². The van der Waals surface area contributed by atoms with Crippen LogP contribution < -0.4 is 5.32 Å². The minimum absolute atomic E-state index is 0.121. The molecule has 6 rings (SSSR count). The van der Waals surface area contributed by atoms with E-state index in [0.29, 0.717) is 19.6 Å². The van der Waals surface area contributed by atoms with Crippen LogP contribution in [0.1, 0.15) is 79.1 Å².